The monoisotopic (exact) mass is 226 g/mol. The van der Waals surface area contributed by atoms with Crippen LogP contribution in [0.5, 0.6) is 0 Å². The number of nitrogens with one attached hydrogen (secondary N) is 1. The van der Waals surface area contributed by atoms with Crippen molar-refractivity contribution in [1.29, 1.82) is 0 Å². The summed E-state index contributed by atoms with van der Waals surface area (Å²) in [5.41, 5.74) is 0. The number of hydrogen-bond acceptors (Lipinski definition) is 3. The van der Waals surface area contributed by atoms with Gasteiger partial charge in [-0.15, -0.1) is 0 Å². The second-order valence-electron chi connectivity index (χ2n) is 5.33. The van der Waals surface area contributed by atoms with E-state index in [0.29, 0.717) is 6.04 Å². The predicted octanol–water partition coefficient (Wildman–Crippen LogP) is 1.34. The van der Waals surface area contributed by atoms with Crippen LogP contribution < -0.4 is 5.32 Å². The molecule has 0 saturated carbocycles. The number of likely N-dealkylation sites (tertiary alicyclic amines) is 1. The topological polar surface area (TPSA) is 24.5 Å². The molecule has 0 aliphatic carbocycles. The summed E-state index contributed by atoms with van der Waals surface area (Å²) in [7, 11) is 1.81. The summed E-state index contributed by atoms with van der Waals surface area (Å²) in [6.07, 6.45) is 4.09. The van der Waals surface area contributed by atoms with E-state index in [1.165, 1.54) is 45.4 Å². The van der Waals surface area contributed by atoms with E-state index in [1.807, 2.05) is 0 Å². The first-order chi connectivity index (χ1) is 7.83. The molecule has 3 unspecified atom stereocenters. The number of hydrogen-bond donors (Lipinski definition) is 1. The van der Waals surface area contributed by atoms with Gasteiger partial charge in [0.05, 0.1) is 6.61 Å². The number of piperidine rings is 1. The number of methoxy groups -OCH3 is 1. The summed E-state index contributed by atoms with van der Waals surface area (Å²) in [5.74, 6) is 1.87. The first-order valence-corrected chi connectivity index (χ1v) is 6.78. The number of ether oxygens (including phenoxy) is 1. The van der Waals surface area contributed by atoms with E-state index < -0.39 is 0 Å². The fraction of sp³-hybridized carbons (Fsp3) is 1.00. The molecule has 3 heteroatoms. The Labute approximate surface area is 99.5 Å². The number of rotatable bonds is 4. The van der Waals surface area contributed by atoms with Gasteiger partial charge in [0.2, 0.25) is 0 Å². The minimum absolute atomic E-state index is 0.597. The predicted molar refractivity (Wildman–Crippen MR) is 66.6 cm³/mol. The van der Waals surface area contributed by atoms with E-state index in [2.05, 4.69) is 17.1 Å². The Morgan fingerprint density at radius 3 is 2.88 bits per heavy atom. The van der Waals surface area contributed by atoms with Crippen LogP contribution in [0.15, 0.2) is 0 Å². The van der Waals surface area contributed by atoms with Gasteiger partial charge >= 0.3 is 0 Å². The van der Waals surface area contributed by atoms with E-state index in [1.54, 1.807) is 7.11 Å². The lowest BCUT2D eigenvalue weighted by molar-refractivity contribution is 0.124. The van der Waals surface area contributed by atoms with Gasteiger partial charge in [-0.25, -0.2) is 0 Å². The zero-order valence-electron chi connectivity index (χ0n) is 10.7. The van der Waals surface area contributed by atoms with Crippen molar-refractivity contribution in [3.63, 3.8) is 0 Å². The molecule has 0 aromatic carbocycles. The van der Waals surface area contributed by atoms with Crippen LogP contribution in [0, 0.1) is 11.8 Å². The van der Waals surface area contributed by atoms with Crippen LogP contribution in [-0.4, -0.2) is 50.8 Å². The highest BCUT2D eigenvalue weighted by Gasteiger charge is 2.32. The van der Waals surface area contributed by atoms with Gasteiger partial charge in [-0.1, -0.05) is 6.92 Å². The SMILES string of the molecule is CCN1CCC(C2CCNC(COC)C2)C1. The van der Waals surface area contributed by atoms with E-state index in [4.69, 9.17) is 4.74 Å². The van der Waals surface area contributed by atoms with Gasteiger partial charge in [-0.05, 0) is 50.7 Å². The molecule has 0 aromatic rings. The van der Waals surface area contributed by atoms with Crippen molar-refractivity contribution in [2.45, 2.75) is 32.2 Å². The Hall–Kier alpha value is -0.120. The van der Waals surface area contributed by atoms with Crippen molar-refractivity contribution < 1.29 is 4.74 Å². The van der Waals surface area contributed by atoms with Gasteiger partial charge in [0.25, 0.3) is 0 Å². The average Bonchev–Trinajstić information content (AvgIpc) is 2.78. The zero-order valence-corrected chi connectivity index (χ0v) is 10.7. The maximum Gasteiger partial charge on any atom is 0.0615 e. The molecule has 2 rings (SSSR count). The highest BCUT2D eigenvalue weighted by atomic mass is 16.5. The van der Waals surface area contributed by atoms with Crippen LogP contribution in [0.3, 0.4) is 0 Å². The zero-order chi connectivity index (χ0) is 11.4. The summed E-state index contributed by atoms with van der Waals surface area (Å²) < 4.78 is 5.26. The molecule has 0 radical (unpaired) electrons. The summed E-state index contributed by atoms with van der Waals surface area (Å²) >= 11 is 0. The molecule has 2 saturated heterocycles. The summed E-state index contributed by atoms with van der Waals surface area (Å²) in [6.45, 7) is 8.21. The third kappa shape index (κ3) is 2.96. The highest BCUT2D eigenvalue weighted by Crippen LogP contribution is 2.31. The third-order valence-electron chi connectivity index (χ3n) is 4.33. The molecule has 16 heavy (non-hydrogen) atoms. The summed E-state index contributed by atoms with van der Waals surface area (Å²) in [5, 5.41) is 3.56. The Morgan fingerprint density at radius 2 is 2.19 bits per heavy atom. The van der Waals surface area contributed by atoms with Gasteiger partial charge in [-0.3, -0.25) is 0 Å². The van der Waals surface area contributed by atoms with Gasteiger partial charge in [0.15, 0.2) is 0 Å². The molecule has 1 N–H and O–H groups in total. The third-order valence-corrected chi connectivity index (χ3v) is 4.33. The molecule has 0 spiro atoms. The fourth-order valence-corrected chi connectivity index (χ4v) is 3.33. The average molecular weight is 226 g/mol. The first-order valence-electron chi connectivity index (χ1n) is 6.78. The van der Waals surface area contributed by atoms with E-state index in [-0.39, 0.29) is 0 Å². The van der Waals surface area contributed by atoms with Crippen molar-refractivity contribution in [3.05, 3.63) is 0 Å². The smallest absolute Gasteiger partial charge is 0.0615 e. The standard InChI is InChI=1S/C13H26N2O/c1-3-15-7-5-12(9-15)11-4-6-14-13(8-11)10-16-2/h11-14H,3-10H2,1-2H3. The molecule has 2 aliphatic rings. The minimum atomic E-state index is 0.597. The van der Waals surface area contributed by atoms with Crippen molar-refractivity contribution >= 4 is 0 Å². The molecule has 3 atom stereocenters. The van der Waals surface area contributed by atoms with E-state index in [0.717, 1.165) is 18.4 Å². The van der Waals surface area contributed by atoms with Crippen molar-refractivity contribution in [2.24, 2.45) is 11.8 Å². The lowest BCUT2D eigenvalue weighted by Crippen LogP contribution is -2.43. The largest absolute Gasteiger partial charge is 0.383 e. The van der Waals surface area contributed by atoms with Crippen LogP contribution in [0.1, 0.15) is 26.2 Å². The molecule has 2 fully saturated rings. The van der Waals surface area contributed by atoms with Crippen molar-refractivity contribution in [3.8, 4) is 0 Å². The Kier molecular flexibility index (Phi) is 4.62. The van der Waals surface area contributed by atoms with Crippen LogP contribution in [-0.2, 0) is 4.74 Å². The molecule has 2 aliphatic heterocycles. The molecule has 0 aromatic heterocycles. The first kappa shape index (κ1) is 12.3. The Morgan fingerprint density at radius 1 is 1.31 bits per heavy atom. The maximum atomic E-state index is 5.26. The van der Waals surface area contributed by atoms with E-state index >= 15 is 0 Å². The minimum Gasteiger partial charge on any atom is -0.383 e. The second-order valence-corrected chi connectivity index (χ2v) is 5.33. The highest BCUT2D eigenvalue weighted by molar-refractivity contribution is 4.86. The molecule has 2 heterocycles. The Balaban J connectivity index is 1.80. The quantitative estimate of drug-likeness (QED) is 0.783. The lowest BCUT2D eigenvalue weighted by Gasteiger charge is -2.33. The summed E-state index contributed by atoms with van der Waals surface area (Å²) in [4.78, 5) is 2.60. The summed E-state index contributed by atoms with van der Waals surface area (Å²) in [6, 6.07) is 0.597. The maximum absolute atomic E-state index is 5.26. The fourth-order valence-electron chi connectivity index (χ4n) is 3.33. The van der Waals surface area contributed by atoms with Crippen LogP contribution in [0.25, 0.3) is 0 Å². The molecule has 0 bridgehead atoms. The lowest BCUT2D eigenvalue weighted by atomic mass is 9.81. The van der Waals surface area contributed by atoms with E-state index in [9.17, 15) is 0 Å². The van der Waals surface area contributed by atoms with Gasteiger partial charge in [0, 0.05) is 19.7 Å². The van der Waals surface area contributed by atoms with Crippen molar-refractivity contribution in [2.75, 3.05) is 39.9 Å². The molecule has 3 nitrogen and oxygen atoms in total. The van der Waals surface area contributed by atoms with Crippen molar-refractivity contribution in [1.82, 2.24) is 10.2 Å². The van der Waals surface area contributed by atoms with Gasteiger partial charge < -0.3 is 15.0 Å². The van der Waals surface area contributed by atoms with Crippen LogP contribution in [0.4, 0.5) is 0 Å². The molecule has 0 amide bonds. The number of nitrogens with zero attached hydrogens (tertiary/aromatic N) is 1. The molecular formula is C13H26N2O. The van der Waals surface area contributed by atoms with Gasteiger partial charge in [0.1, 0.15) is 0 Å². The molecule has 94 valence electrons. The normalized spacial score (nSPS) is 36.8. The second kappa shape index (κ2) is 5.99. The van der Waals surface area contributed by atoms with Gasteiger partial charge in [-0.2, -0.15) is 0 Å². The van der Waals surface area contributed by atoms with Crippen LogP contribution >= 0.6 is 0 Å². The molecular weight excluding hydrogens is 200 g/mol. The Bertz CT molecular complexity index is 208. The van der Waals surface area contributed by atoms with Crippen LogP contribution in [0.2, 0.25) is 0 Å².